The Morgan fingerprint density at radius 1 is 1.21 bits per heavy atom. The molecule has 5 rings (SSSR count). The molecule has 2 aromatic carbocycles. The molecule has 2 heterocycles. The summed E-state index contributed by atoms with van der Waals surface area (Å²) in [4.78, 5) is 29.4. The average Bonchev–Trinajstić information content (AvgIpc) is 2.99. The van der Waals surface area contributed by atoms with Crippen LogP contribution in [0.1, 0.15) is 66.9 Å². The van der Waals surface area contributed by atoms with Crippen molar-refractivity contribution in [2.45, 2.75) is 52.1 Å². The molecule has 2 atom stereocenters. The number of dihydropyridines is 1. The molecule has 0 aromatic heterocycles. The summed E-state index contributed by atoms with van der Waals surface area (Å²) in [5.41, 5.74) is 4.72. The zero-order chi connectivity index (χ0) is 29.8. The van der Waals surface area contributed by atoms with E-state index in [2.05, 4.69) is 34.2 Å². The van der Waals surface area contributed by atoms with Gasteiger partial charge in [0.2, 0.25) is 0 Å². The smallest absolute Gasteiger partial charge is 0.257 e. The predicted octanol–water partition coefficient (Wildman–Crippen LogP) is 6.03. The van der Waals surface area contributed by atoms with E-state index in [9.17, 15) is 14.9 Å². The van der Waals surface area contributed by atoms with Gasteiger partial charge in [0.15, 0.2) is 5.78 Å². The van der Waals surface area contributed by atoms with Gasteiger partial charge in [-0.3, -0.25) is 9.59 Å². The second kappa shape index (κ2) is 13.1. The highest BCUT2D eigenvalue weighted by atomic mass is 79.9. The highest BCUT2D eigenvalue weighted by Gasteiger charge is 2.39. The Morgan fingerprint density at radius 2 is 2.00 bits per heavy atom. The Morgan fingerprint density at radius 3 is 2.71 bits per heavy atom. The zero-order valence-corrected chi connectivity index (χ0v) is 25.9. The van der Waals surface area contributed by atoms with E-state index in [-0.39, 0.29) is 24.2 Å². The Kier molecular flexibility index (Phi) is 9.34. The number of nitrogens with one attached hydrogen (secondary N) is 1. The first-order valence-electron chi connectivity index (χ1n) is 14.4. The lowest BCUT2D eigenvalue weighted by Crippen LogP contribution is -2.41. The number of hydrogen-bond donors (Lipinski definition) is 1. The van der Waals surface area contributed by atoms with Crippen LogP contribution >= 0.6 is 15.9 Å². The number of benzene rings is 2. The number of amides is 1. The van der Waals surface area contributed by atoms with Crippen LogP contribution in [0.3, 0.4) is 0 Å². The molecule has 220 valence electrons. The van der Waals surface area contributed by atoms with Crippen molar-refractivity contribution in [2.24, 2.45) is 5.92 Å². The minimum absolute atomic E-state index is 0.0583. The molecule has 0 bridgehead atoms. The number of ether oxygens (including phenoxy) is 3. The molecule has 0 saturated carbocycles. The lowest BCUT2D eigenvalue weighted by atomic mass is 9.72. The normalized spacial score (nSPS) is 20.5. The molecule has 2 aromatic rings. The molecule has 1 amide bonds. The van der Waals surface area contributed by atoms with Crippen LogP contribution in [0.15, 0.2) is 63.4 Å². The Bertz CT molecular complexity index is 1480. The van der Waals surface area contributed by atoms with Gasteiger partial charge in [-0.15, -0.1) is 0 Å². The lowest BCUT2D eigenvalue weighted by Gasteiger charge is -2.36. The summed E-state index contributed by atoms with van der Waals surface area (Å²) in [5.74, 6) is 0.725. The SMILES string of the molecule is CCCC1CC(=O)C2=C(C1)NC(C)=C(C#N)C2c1cc(Br)c(OCc2cccc(OC)c2)c(C(=O)N2CCOCC2)c1. The summed E-state index contributed by atoms with van der Waals surface area (Å²) in [6.45, 7) is 6.10. The topological polar surface area (TPSA) is 101 Å². The third kappa shape index (κ3) is 6.11. The van der Waals surface area contributed by atoms with Crippen molar-refractivity contribution < 1.29 is 23.8 Å². The number of allylic oxidation sites excluding steroid dienone is 4. The zero-order valence-electron chi connectivity index (χ0n) is 24.3. The first-order chi connectivity index (χ1) is 20.3. The number of methoxy groups -OCH3 is 1. The second-order valence-electron chi connectivity index (χ2n) is 11.0. The van der Waals surface area contributed by atoms with Crippen LogP contribution in [-0.4, -0.2) is 50.0 Å². The van der Waals surface area contributed by atoms with E-state index >= 15 is 0 Å². The van der Waals surface area contributed by atoms with Crippen LogP contribution < -0.4 is 14.8 Å². The molecule has 0 radical (unpaired) electrons. The number of carbonyl (C=O) groups excluding carboxylic acids is 2. The van der Waals surface area contributed by atoms with Crippen molar-refractivity contribution in [3.63, 3.8) is 0 Å². The maximum absolute atomic E-state index is 14.0. The Labute approximate surface area is 255 Å². The number of hydrogen-bond acceptors (Lipinski definition) is 7. The summed E-state index contributed by atoms with van der Waals surface area (Å²) in [5, 5.41) is 13.6. The largest absolute Gasteiger partial charge is 0.497 e. The Hall–Kier alpha value is -3.61. The molecular weight excluding hydrogens is 598 g/mol. The van der Waals surface area contributed by atoms with Crippen LogP contribution in [0.4, 0.5) is 0 Å². The van der Waals surface area contributed by atoms with E-state index in [0.717, 1.165) is 42.0 Å². The fraction of sp³-hybridized carbons (Fsp3) is 0.424. The van der Waals surface area contributed by atoms with Gasteiger partial charge in [-0.2, -0.15) is 5.26 Å². The summed E-state index contributed by atoms with van der Waals surface area (Å²) >= 11 is 3.69. The number of halogens is 1. The van der Waals surface area contributed by atoms with Crippen LogP contribution in [0.25, 0.3) is 0 Å². The van der Waals surface area contributed by atoms with Crippen LogP contribution in [0.5, 0.6) is 11.5 Å². The molecule has 0 spiro atoms. The lowest BCUT2D eigenvalue weighted by molar-refractivity contribution is -0.117. The highest BCUT2D eigenvalue weighted by Crippen LogP contribution is 2.46. The first-order valence-corrected chi connectivity index (χ1v) is 15.2. The fourth-order valence-corrected chi connectivity index (χ4v) is 6.75. The molecule has 1 N–H and O–H groups in total. The number of morpholine rings is 1. The van der Waals surface area contributed by atoms with E-state index < -0.39 is 5.92 Å². The fourth-order valence-electron chi connectivity index (χ4n) is 6.15. The van der Waals surface area contributed by atoms with E-state index in [0.29, 0.717) is 65.2 Å². The number of rotatable bonds is 8. The monoisotopic (exact) mass is 633 g/mol. The van der Waals surface area contributed by atoms with Crippen molar-refractivity contribution >= 4 is 27.6 Å². The van der Waals surface area contributed by atoms with Gasteiger partial charge in [0.05, 0.1) is 47.9 Å². The summed E-state index contributed by atoms with van der Waals surface area (Å²) in [6.07, 6.45) is 3.22. The predicted molar refractivity (Wildman–Crippen MR) is 162 cm³/mol. The number of nitrogens with zero attached hydrogens (tertiary/aromatic N) is 2. The summed E-state index contributed by atoms with van der Waals surface area (Å²) in [6, 6.07) is 13.6. The summed E-state index contributed by atoms with van der Waals surface area (Å²) < 4.78 is 17.7. The van der Waals surface area contributed by atoms with Gasteiger partial charge in [0.1, 0.15) is 18.1 Å². The van der Waals surface area contributed by atoms with Gasteiger partial charge >= 0.3 is 0 Å². The number of nitriles is 1. The quantitative estimate of drug-likeness (QED) is 0.379. The van der Waals surface area contributed by atoms with Crippen LogP contribution in [-0.2, 0) is 16.1 Å². The van der Waals surface area contributed by atoms with Crippen LogP contribution in [0, 0.1) is 17.2 Å². The molecule has 3 aliphatic rings. The molecule has 8 nitrogen and oxygen atoms in total. The van der Waals surface area contributed by atoms with E-state index in [1.165, 1.54) is 0 Å². The molecule has 2 aliphatic heterocycles. The third-order valence-corrected chi connectivity index (χ3v) is 8.76. The second-order valence-corrected chi connectivity index (χ2v) is 11.9. The van der Waals surface area contributed by atoms with E-state index in [4.69, 9.17) is 14.2 Å². The molecule has 1 saturated heterocycles. The van der Waals surface area contributed by atoms with Gasteiger partial charge < -0.3 is 24.4 Å². The van der Waals surface area contributed by atoms with Gasteiger partial charge in [-0.25, -0.2) is 0 Å². The van der Waals surface area contributed by atoms with Crippen molar-refractivity contribution in [3.8, 4) is 17.6 Å². The average molecular weight is 635 g/mol. The van der Waals surface area contributed by atoms with Crippen molar-refractivity contribution in [1.82, 2.24) is 10.2 Å². The van der Waals surface area contributed by atoms with Gasteiger partial charge in [-0.05, 0) is 77.0 Å². The van der Waals surface area contributed by atoms with E-state index in [1.54, 1.807) is 18.1 Å². The molecule has 1 fully saturated rings. The number of Topliss-reactive ketones (excluding diaryl/α,β-unsaturated/α-hetero) is 1. The molecule has 1 aliphatic carbocycles. The van der Waals surface area contributed by atoms with Gasteiger partial charge in [0.25, 0.3) is 5.91 Å². The van der Waals surface area contributed by atoms with Gasteiger partial charge in [0, 0.05) is 36.5 Å². The van der Waals surface area contributed by atoms with Gasteiger partial charge in [-0.1, -0.05) is 25.5 Å². The standard InChI is InChI=1S/C33H36BrN3O5/c1-4-6-21-14-28-31(29(38)15-21)30(26(18-35)20(2)36-28)23-16-25(33(39)37-9-11-41-12-10-37)32(27(34)17-23)42-19-22-7-5-8-24(13-22)40-3/h5,7-8,13,16-17,21,30,36H,4,6,9-12,14-15,19H2,1-3H3. The third-order valence-electron chi connectivity index (χ3n) is 8.17. The minimum Gasteiger partial charge on any atom is -0.497 e. The molecule has 9 heteroatoms. The molecule has 2 unspecified atom stereocenters. The Balaban J connectivity index is 1.59. The van der Waals surface area contributed by atoms with Crippen molar-refractivity contribution in [2.75, 3.05) is 33.4 Å². The maximum Gasteiger partial charge on any atom is 0.257 e. The van der Waals surface area contributed by atoms with Crippen molar-refractivity contribution in [3.05, 3.63) is 80.1 Å². The van der Waals surface area contributed by atoms with E-state index in [1.807, 2.05) is 37.3 Å². The molecular formula is C33H36BrN3O5. The van der Waals surface area contributed by atoms with Crippen LogP contribution in [0.2, 0.25) is 0 Å². The number of ketones is 1. The maximum atomic E-state index is 14.0. The van der Waals surface area contributed by atoms with Crippen molar-refractivity contribution in [1.29, 1.82) is 5.26 Å². The molecule has 42 heavy (non-hydrogen) atoms. The minimum atomic E-state index is -0.568. The first kappa shape index (κ1) is 29.9. The number of carbonyl (C=O) groups is 2. The summed E-state index contributed by atoms with van der Waals surface area (Å²) in [7, 11) is 1.61. The highest BCUT2D eigenvalue weighted by molar-refractivity contribution is 9.10.